The Morgan fingerprint density at radius 1 is 1.04 bits per heavy atom. The minimum Gasteiger partial charge on any atom is -0.309 e. The number of carbonyl (C=O) groups is 1. The zero-order valence-corrected chi connectivity index (χ0v) is 17.9. The van der Waals surface area contributed by atoms with Crippen molar-refractivity contribution in [2.75, 3.05) is 18.0 Å². The van der Waals surface area contributed by atoms with Crippen LogP contribution < -0.4 is 4.90 Å². The summed E-state index contributed by atoms with van der Waals surface area (Å²) in [5.41, 5.74) is 2.34. The minimum absolute atomic E-state index is 0.0225. The van der Waals surface area contributed by atoms with E-state index < -0.39 is 0 Å². The zero-order chi connectivity index (χ0) is 20.1. The van der Waals surface area contributed by atoms with Crippen LogP contribution in [0.2, 0.25) is 5.02 Å². The van der Waals surface area contributed by atoms with Crippen LogP contribution in [0.3, 0.4) is 0 Å². The van der Waals surface area contributed by atoms with Crippen LogP contribution in [-0.2, 0) is 11.2 Å². The molecule has 0 saturated carbocycles. The number of halogens is 1. The molecule has 2 aromatic carbocycles. The molecule has 1 fully saturated rings. The van der Waals surface area contributed by atoms with Crippen LogP contribution in [0.5, 0.6) is 0 Å². The van der Waals surface area contributed by atoms with E-state index in [-0.39, 0.29) is 17.9 Å². The molecular weight excluding hydrogens is 368 g/mol. The first-order valence-corrected chi connectivity index (χ1v) is 10.7. The first-order chi connectivity index (χ1) is 13.5. The average Bonchev–Trinajstić information content (AvgIpc) is 2.70. The van der Waals surface area contributed by atoms with E-state index in [1.807, 2.05) is 43.0 Å². The molecule has 0 aliphatic carbocycles. The molecule has 1 saturated heterocycles. The number of hydrogen-bond acceptors (Lipinski definition) is 2. The number of rotatable bonds is 6. The second kappa shape index (κ2) is 9.58. The molecule has 2 aromatic rings. The van der Waals surface area contributed by atoms with Gasteiger partial charge in [0, 0.05) is 41.8 Å². The van der Waals surface area contributed by atoms with Crippen LogP contribution in [0, 0.1) is 5.92 Å². The van der Waals surface area contributed by atoms with Gasteiger partial charge in [-0.3, -0.25) is 4.79 Å². The highest BCUT2D eigenvalue weighted by Crippen LogP contribution is 2.28. The van der Waals surface area contributed by atoms with Gasteiger partial charge >= 0.3 is 0 Å². The quantitative estimate of drug-likeness (QED) is 0.648. The molecule has 3 rings (SSSR count). The summed E-state index contributed by atoms with van der Waals surface area (Å²) in [6.07, 6.45) is 3.07. The van der Waals surface area contributed by atoms with Crippen LogP contribution in [0.1, 0.15) is 39.2 Å². The van der Waals surface area contributed by atoms with Gasteiger partial charge < -0.3 is 9.80 Å². The van der Waals surface area contributed by atoms with Gasteiger partial charge in [0.05, 0.1) is 0 Å². The van der Waals surface area contributed by atoms with Crippen molar-refractivity contribution in [2.24, 2.45) is 5.92 Å². The Morgan fingerprint density at radius 2 is 1.64 bits per heavy atom. The number of carbonyl (C=O) groups excluding carboxylic acids is 1. The van der Waals surface area contributed by atoms with Gasteiger partial charge in [-0.25, -0.2) is 0 Å². The Labute approximate surface area is 174 Å². The molecular formula is C24H31ClN2O. The molecule has 3 nitrogen and oxygen atoms in total. The Hall–Kier alpha value is -1.84. The Kier molecular flexibility index (Phi) is 7.14. The number of benzene rings is 2. The lowest BCUT2D eigenvalue weighted by Crippen LogP contribution is -2.50. The second-order valence-corrected chi connectivity index (χ2v) is 8.58. The summed E-state index contributed by atoms with van der Waals surface area (Å²) in [6, 6.07) is 19.1. The maximum absolute atomic E-state index is 13.0. The maximum atomic E-state index is 13.0. The molecule has 1 aliphatic heterocycles. The van der Waals surface area contributed by atoms with Gasteiger partial charge in [-0.2, -0.15) is 0 Å². The lowest BCUT2D eigenvalue weighted by atomic mass is 9.97. The molecule has 0 radical (unpaired) electrons. The van der Waals surface area contributed by atoms with E-state index in [9.17, 15) is 4.79 Å². The third kappa shape index (κ3) is 5.15. The topological polar surface area (TPSA) is 23.6 Å². The second-order valence-electron chi connectivity index (χ2n) is 8.15. The summed E-state index contributed by atoms with van der Waals surface area (Å²) >= 11 is 6.05. The van der Waals surface area contributed by atoms with Crippen molar-refractivity contribution < 1.29 is 4.79 Å². The number of likely N-dealkylation sites (tertiary alicyclic amines) is 1. The van der Waals surface area contributed by atoms with Crippen LogP contribution in [0.15, 0.2) is 54.6 Å². The molecule has 0 spiro atoms. The standard InChI is InChI=1S/C24H31ClN2O/c1-18(2)24(28)27(22-11-9-21(25)10-12-22)23-13-15-26(16-14-23)19(3)17-20-7-5-4-6-8-20/h4-12,18-19,23H,13-17H2,1-3H3. The molecule has 1 unspecified atom stereocenters. The van der Waals surface area contributed by atoms with Gasteiger partial charge in [0.15, 0.2) is 0 Å². The van der Waals surface area contributed by atoms with Crippen molar-refractivity contribution in [3.05, 3.63) is 65.2 Å². The lowest BCUT2D eigenvalue weighted by Gasteiger charge is -2.41. The summed E-state index contributed by atoms with van der Waals surface area (Å²) < 4.78 is 0. The molecule has 1 atom stereocenters. The number of hydrogen-bond donors (Lipinski definition) is 0. The lowest BCUT2D eigenvalue weighted by molar-refractivity contribution is -0.122. The van der Waals surface area contributed by atoms with Gasteiger partial charge in [0.2, 0.25) is 5.91 Å². The predicted molar refractivity (Wildman–Crippen MR) is 118 cm³/mol. The summed E-state index contributed by atoms with van der Waals surface area (Å²) in [5, 5.41) is 0.699. The Bertz CT molecular complexity index is 752. The zero-order valence-electron chi connectivity index (χ0n) is 17.1. The number of amides is 1. The van der Waals surface area contributed by atoms with Crippen molar-refractivity contribution in [1.29, 1.82) is 0 Å². The van der Waals surface area contributed by atoms with E-state index in [4.69, 9.17) is 11.6 Å². The first kappa shape index (κ1) is 20.9. The third-order valence-electron chi connectivity index (χ3n) is 5.70. The fraction of sp³-hybridized carbons (Fsp3) is 0.458. The van der Waals surface area contributed by atoms with Gasteiger partial charge in [-0.05, 0) is 56.0 Å². The molecule has 0 aromatic heterocycles. The molecule has 4 heteroatoms. The van der Waals surface area contributed by atoms with E-state index in [1.165, 1.54) is 5.56 Å². The fourth-order valence-electron chi connectivity index (χ4n) is 4.07. The number of piperidine rings is 1. The van der Waals surface area contributed by atoms with E-state index in [0.717, 1.165) is 38.0 Å². The molecule has 1 aliphatic rings. The highest BCUT2D eigenvalue weighted by Gasteiger charge is 2.31. The molecule has 0 bridgehead atoms. The van der Waals surface area contributed by atoms with Crippen molar-refractivity contribution in [1.82, 2.24) is 4.90 Å². The van der Waals surface area contributed by atoms with Crippen LogP contribution in [0.25, 0.3) is 0 Å². The summed E-state index contributed by atoms with van der Waals surface area (Å²) in [5.74, 6) is 0.170. The molecule has 0 N–H and O–H groups in total. The van der Waals surface area contributed by atoms with E-state index >= 15 is 0 Å². The van der Waals surface area contributed by atoms with Crippen LogP contribution in [0.4, 0.5) is 5.69 Å². The van der Waals surface area contributed by atoms with Gasteiger partial charge in [-0.1, -0.05) is 55.8 Å². The summed E-state index contributed by atoms with van der Waals surface area (Å²) in [6.45, 7) is 8.30. The summed E-state index contributed by atoms with van der Waals surface area (Å²) in [7, 11) is 0. The van der Waals surface area contributed by atoms with Crippen molar-refractivity contribution in [3.63, 3.8) is 0 Å². The first-order valence-electron chi connectivity index (χ1n) is 10.3. The molecule has 1 heterocycles. The predicted octanol–water partition coefficient (Wildman–Crippen LogP) is 5.42. The molecule has 1 amide bonds. The van der Waals surface area contributed by atoms with Crippen LogP contribution in [-0.4, -0.2) is 36.0 Å². The maximum Gasteiger partial charge on any atom is 0.229 e. The van der Waals surface area contributed by atoms with Crippen molar-refractivity contribution in [2.45, 2.75) is 52.1 Å². The fourth-order valence-corrected chi connectivity index (χ4v) is 4.19. The van der Waals surface area contributed by atoms with Gasteiger partial charge in [0.25, 0.3) is 0 Å². The van der Waals surface area contributed by atoms with E-state index in [2.05, 4.69) is 42.2 Å². The highest BCUT2D eigenvalue weighted by atomic mass is 35.5. The Balaban J connectivity index is 1.66. The minimum atomic E-state index is -0.0225. The molecule has 150 valence electrons. The van der Waals surface area contributed by atoms with Gasteiger partial charge in [-0.15, -0.1) is 0 Å². The summed E-state index contributed by atoms with van der Waals surface area (Å²) in [4.78, 5) is 17.5. The van der Waals surface area contributed by atoms with Crippen molar-refractivity contribution >= 4 is 23.2 Å². The smallest absolute Gasteiger partial charge is 0.229 e. The molecule has 28 heavy (non-hydrogen) atoms. The number of nitrogens with zero attached hydrogens (tertiary/aromatic N) is 2. The highest BCUT2D eigenvalue weighted by molar-refractivity contribution is 6.30. The van der Waals surface area contributed by atoms with Gasteiger partial charge in [0.1, 0.15) is 0 Å². The van der Waals surface area contributed by atoms with Crippen LogP contribution >= 0.6 is 11.6 Å². The number of anilines is 1. The van der Waals surface area contributed by atoms with E-state index in [1.54, 1.807) is 0 Å². The normalized spacial score (nSPS) is 16.9. The largest absolute Gasteiger partial charge is 0.309 e. The monoisotopic (exact) mass is 398 g/mol. The van der Waals surface area contributed by atoms with E-state index in [0.29, 0.717) is 11.1 Å². The Morgan fingerprint density at radius 3 is 2.21 bits per heavy atom. The third-order valence-corrected chi connectivity index (χ3v) is 5.95. The average molecular weight is 399 g/mol. The van der Waals surface area contributed by atoms with Crippen molar-refractivity contribution in [3.8, 4) is 0 Å². The SMILES string of the molecule is CC(C)C(=O)N(c1ccc(Cl)cc1)C1CCN(C(C)Cc2ccccc2)CC1.